The minimum absolute atomic E-state index is 0.461. The van der Waals surface area contributed by atoms with Crippen LogP contribution in [0, 0.1) is 0 Å². The molecule has 0 spiro atoms. The molecule has 0 bridgehead atoms. The van der Waals surface area contributed by atoms with Crippen LogP contribution in [0.1, 0.15) is 26.7 Å². The van der Waals surface area contributed by atoms with Gasteiger partial charge in [0.25, 0.3) is 0 Å². The summed E-state index contributed by atoms with van der Waals surface area (Å²) in [6.45, 7) is 4.31. The van der Waals surface area contributed by atoms with Gasteiger partial charge in [0.1, 0.15) is 0 Å². The van der Waals surface area contributed by atoms with Crippen molar-refractivity contribution < 1.29 is 0 Å². The van der Waals surface area contributed by atoms with Gasteiger partial charge in [-0.25, -0.2) is 0 Å². The third kappa shape index (κ3) is 5.01. The average molecular weight is 265 g/mol. The summed E-state index contributed by atoms with van der Waals surface area (Å²) in [5.74, 6) is 0. The van der Waals surface area contributed by atoms with Crippen LogP contribution in [0.2, 0.25) is 0 Å². The molecule has 1 rings (SSSR count). The molecular weight excluding hydrogens is 247 g/mol. The number of rotatable bonds is 5. The molecule has 0 saturated heterocycles. The molecule has 80 valence electrons. The van der Waals surface area contributed by atoms with Crippen LogP contribution in [0.15, 0.2) is 53.0 Å². The summed E-state index contributed by atoms with van der Waals surface area (Å²) in [4.78, 5) is 0. The summed E-state index contributed by atoms with van der Waals surface area (Å²) >= 11 is 0.461. The standard InChI is InChI=1S/C14H18Se/c1-3-5-10-13(9-4-2)15-14-11-7-6-8-12-14/h4,6-12H,3,5H2,1-2H3/b9-4-,13-10-. The molecule has 0 heterocycles. The summed E-state index contributed by atoms with van der Waals surface area (Å²) in [5, 5.41) is 0. The van der Waals surface area contributed by atoms with Gasteiger partial charge in [-0.15, -0.1) is 0 Å². The van der Waals surface area contributed by atoms with E-state index in [0.29, 0.717) is 15.0 Å². The van der Waals surface area contributed by atoms with E-state index in [1.807, 2.05) is 0 Å². The number of hydrogen-bond acceptors (Lipinski definition) is 0. The van der Waals surface area contributed by atoms with Gasteiger partial charge in [0, 0.05) is 0 Å². The van der Waals surface area contributed by atoms with Crippen molar-refractivity contribution in [3.05, 3.63) is 53.0 Å². The Kier molecular flexibility index (Phi) is 6.15. The third-order valence-corrected chi connectivity index (χ3v) is 4.14. The Morgan fingerprint density at radius 3 is 2.60 bits per heavy atom. The van der Waals surface area contributed by atoms with E-state index in [-0.39, 0.29) is 0 Å². The van der Waals surface area contributed by atoms with Crippen LogP contribution in [0.3, 0.4) is 0 Å². The van der Waals surface area contributed by atoms with Crippen LogP contribution in [0.4, 0.5) is 0 Å². The zero-order valence-electron chi connectivity index (χ0n) is 9.44. The Labute approximate surface area is 99.3 Å². The Bertz CT molecular complexity index is 322. The molecule has 0 radical (unpaired) electrons. The molecule has 15 heavy (non-hydrogen) atoms. The van der Waals surface area contributed by atoms with Gasteiger partial charge >= 0.3 is 99.1 Å². The molecule has 0 amide bonds. The topological polar surface area (TPSA) is 0 Å². The second-order valence-electron chi connectivity index (χ2n) is 3.31. The van der Waals surface area contributed by atoms with Crippen molar-refractivity contribution in [2.24, 2.45) is 0 Å². The normalized spacial score (nSPS) is 12.3. The number of allylic oxidation sites excluding steroid dienone is 4. The van der Waals surface area contributed by atoms with Gasteiger partial charge in [-0.1, -0.05) is 0 Å². The van der Waals surface area contributed by atoms with Gasteiger partial charge < -0.3 is 0 Å². The van der Waals surface area contributed by atoms with Gasteiger partial charge in [-0.05, 0) is 0 Å². The van der Waals surface area contributed by atoms with E-state index in [2.05, 4.69) is 62.4 Å². The third-order valence-electron chi connectivity index (χ3n) is 1.94. The molecule has 0 aliphatic heterocycles. The molecule has 1 heteroatoms. The predicted octanol–water partition coefficient (Wildman–Crippen LogP) is 3.28. The first-order valence-corrected chi connectivity index (χ1v) is 7.14. The molecule has 1 aromatic rings. The Morgan fingerprint density at radius 1 is 1.27 bits per heavy atom. The Hall–Kier alpha value is -0.781. The molecule has 0 aromatic heterocycles. The molecule has 0 atom stereocenters. The van der Waals surface area contributed by atoms with E-state index in [4.69, 9.17) is 0 Å². The van der Waals surface area contributed by atoms with Crippen LogP contribution in [-0.4, -0.2) is 15.0 Å². The number of hydrogen-bond donors (Lipinski definition) is 0. The van der Waals surface area contributed by atoms with Gasteiger partial charge in [0.05, 0.1) is 0 Å². The first-order chi connectivity index (χ1) is 7.36. The summed E-state index contributed by atoms with van der Waals surface area (Å²) in [6, 6.07) is 10.7. The van der Waals surface area contributed by atoms with Crippen molar-refractivity contribution in [3.8, 4) is 0 Å². The number of benzene rings is 1. The fourth-order valence-corrected chi connectivity index (χ4v) is 3.26. The van der Waals surface area contributed by atoms with Gasteiger partial charge in [-0.3, -0.25) is 0 Å². The summed E-state index contributed by atoms with van der Waals surface area (Å²) < 4.78 is 2.93. The zero-order valence-corrected chi connectivity index (χ0v) is 11.2. The molecule has 1 aromatic carbocycles. The van der Waals surface area contributed by atoms with E-state index < -0.39 is 0 Å². The zero-order chi connectivity index (χ0) is 10.9. The minimum atomic E-state index is 0.461. The molecular formula is C14H18Se. The van der Waals surface area contributed by atoms with Gasteiger partial charge in [-0.2, -0.15) is 0 Å². The maximum absolute atomic E-state index is 2.37. The fraction of sp³-hybridized carbons (Fsp3) is 0.286. The molecule has 0 aliphatic rings. The van der Waals surface area contributed by atoms with E-state index in [9.17, 15) is 0 Å². The first-order valence-electron chi connectivity index (χ1n) is 5.42. The average Bonchev–Trinajstić information content (AvgIpc) is 2.28. The van der Waals surface area contributed by atoms with Crippen LogP contribution in [0.5, 0.6) is 0 Å². The quantitative estimate of drug-likeness (QED) is 0.566. The predicted molar refractivity (Wildman–Crippen MR) is 69.6 cm³/mol. The van der Waals surface area contributed by atoms with Crippen LogP contribution in [-0.2, 0) is 0 Å². The van der Waals surface area contributed by atoms with E-state index in [1.54, 1.807) is 0 Å². The van der Waals surface area contributed by atoms with E-state index in [1.165, 1.54) is 21.8 Å². The van der Waals surface area contributed by atoms with Crippen molar-refractivity contribution in [2.45, 2.75) is 26.7 Å². The Balaban J connectivity index is 2.67. The van der Waals surface area contributed by atoms with Crippen LogP contribution >= 0.6 is 0 Å². The monoisotopic (exact) mass is 266 g/mol. The number of unbranched alkanes of at least 4 members (excludes halogenated alkanes) is 1. The molecule has 0 unspecified atom stereocenters. The fourth-order valence-electron chi connectivity index (χ4n) is 1.22. The molecule has 0 N–H and O–H groups in total. The van der Waals surface area contributed by atoms with E-state index >= 15 is 0 Å². The van der Waals surface area contributed by atoms with Crippen molar-refractivity contribution >= 4 is 19.4 Å². The first kappa shape index (κ1) is 12.3. The van der Waals surface area contributed by atoms with Crippen molar-refractivity contribution in [1.29, 1.82) is 0 Å². The second-order valence-corrected chi connectivity index (χ2v) is 5.72. The summed E-state index contributed by atoms with van der Waals surface area (Å²) in [7, 11) is 0. The summed E-state index contributed by atoms with van der Waals surface area (Å²) in [6.07, 6.45) is 9.15. The summed E-state index contributed by atoms with van der Waals surface area (Å²) in [5.41, 5.74) is 0. The van der Waals surface area contributed by atoms with E-state index in [0.717, 1.165) is 0 Å². The van der Waals surface area contributed by atoms with Crippen LogP contribution in [0.25, 0.3) is 0 Å². The molecule has 0 nitrogen and oxygen atoms in total. The SMILES string of the molecule is C/C=C\C(=C\CCC)[Se]c1ccccc1. The van der Waals surface area contributed by atoms with Crippen LogP contribution < -0.4 is 4.46 Å². The van der Waals surface area contributed by atoms with Crippen molar-refractivity contribution in [3.63, 3.8) is 0 Å². The second kappa shape index (κ2) is 7.50. The maximum atomic E-state index is 2.37. The van der Waals surface area contributed by atoms with Gasteiger partial charge in [0.2, 0.25) is 0 Å². The van der Waals surface area contributed by atoms with Crippen molar-refractivity contribution in [1.82, 2.24) is 0 Å². The molecule has 0 aliphatic carbocycles. The van der Waals surface area contributed by atoms with Crippen molar-refractivity contribution in [2.75, 3.05) is 0 Å². The van der Waals surface area contributed by atoms with Gasteiger partial charge in [0.15, 0.2) is 0 Å². The molecule has 0 fully saturated rings. The Morgan fingerprint density at radius 2 is 2.00 bits per heavy atom. The molecule has 0 saturated carbocycles.